The number of aromatic nitrogens is 1. The third kappa shape index (κ3) is 3.53. The topological polar surface area (TPSA) is 57.9 Å². The summed E-state index contributed by atoms with van der Waals surface area (Å²) in [4.78, 5) is 4.23. The van der Waals surface area contributed by atoms with E-state index < -0.39 is 5.82 Å². The summed E-state index contributed by atoms with van der Waals surface area (Å²) in [5.41, 5.74) is 1.68. The molecule has 0 spiro atoms. The quantitative estimate of drug-likeness (QED) is 0.907. The Hall–Kier alpha value is -2.45. The van der Waals surface area contributed by atoms with E-state index in [1.54, 1.807) is 18.3 Å². The Morgan fingerprint density at radius 1 is 1.35 bits per heavy atom. The van der Waals surface area contributed by atoms with Gasteiger partial charge in [0.25, 0.3) is 0 Å². The van der Waals surface area contributed by atoms with Gasteiger partial charge in [-0.15, -0.1) is 0 Å². The maximum atomic E-state index is 13.2. The lowest BCUT2D eigenvalue weighted by Crippen LogP contribution is -2.06. The standard InChI is InChI=1S/C15H14FN3O/c1-18-8-13-3-4-14(9-19-13)20-10-11-2-5-15(16)12(6-11)7-17/h2-6,9,18H,8,10H2,1H3. The highest BCUT2D eigenvalue weighted by molar-refractivity contribution is 5.34. The number of nitrogens with zero attached hydrogens (tertiary/aromatic N) is 2. The zero-order valence-electron chi connectivity index (χ0n) is 11.1. The molecule has 1 heterocycles. The monoisotopic (exact) mass is 271 g/mol. The highest BCUT2D eigenvalue weighted by Gasteiger charge is 2.03. The first-order valence-electron chi connectivity index (χ1n) is 6.14. The van der Waals surface area contributed by atoms with E-state index in [-0.39, 0.29) is 12.2 Å². The van der Waals surface area contributed by atoms with Crippen LogP contribution in [0.15, 0.2) is 36.5 Å². The second-order valence-corrected chi connectivity index (χ2v) is 4.23. The molecule has 102 valence electrons. The molecule has 2 rings (SSSR count). The van der Waals surface area contributed by atoms with E-state index in [1.165, 1.54) is 12.1 Å². The predicted octanol–water partition coefficient (Wildman–Crippen LogP) is 2.39. The SMILES string of the molecule is CNCc1ccc(OCc2ccc(F)c(C#N)c2)cn1. The molecule has 0 amide bonds. The summed E-state index contributed by atoms with van der Waals surface area (Å²) in [6, 6.07) is 9.86. The molecule has 0 aliphatic carbocycles. The molecule has 0 aliphatic rings. The average Bonchev–Trinajstić information content (AvgIpc) is 2.48. The van der Waals surface area contributed by atoms with Crippen molar-refractivity contribution in [1.29, 1.82) is 5.26 Å². The largest absolute Gasteiger partial charge is 0.487 e. The van der Waals surface area contributed by atoms with E-state index in [9.17, 15) is 4.39 Å². The van der Waals surface area contributed by atoms with Gasteiger partial charge in [0.15, 0.2) is 0 Å². The van der Waals surface area contributed by atoms with Crippen LogP contribution in [0, 0.1) is 17.1 Å². The molecule has 1 N–H and O–H groups in total. The number of benzene rings is 1. The third-order valence-corrected chi connectivity index (χ3v) is 2.71. The van der Waals surface area contributed by atoms with Crippen molar-refractivity contribution < 1.29 is 9.13 Å². The molecule has 1 aromatic carbocycles. The molecule has 2 aromatic rings. The average molecular weight is 271 g/mol. The van der Waals surface area contributed by atoms with Gasteiger partial charge in [0, 0.05) is 6.54 Å². The molecule has 0 fully saturated rings. The Balaban J connectivity index is 2.00. The van der Waals surface area contributed by atoms with Gasteiger partial charge in [-0.2, -0.15) is 5.26 Å². The van der Waals surface area contributed by atoms with Crippen molar-refractivity contribution in [3.05, 3.63) is 59.2 Å². The number of hydrogen-bond acceptors (Lipinski definition) is 4. The van der Waals surface area contributed by atoms with Gasteiger partial charge >= 0.3 is 0 Å². The number of halogens is 1. The zero-order valence-corrected chi connectivity index (χ0v) is 11.1. The summed E-state index contributed by atoms with van der Waals surface area (Å²) in [5.74, 6) is 0.113. The van der Waals surface area contributed by atoms with E-state index in [1.807, 2.05) is 19.2 Å². The first-order valence-corrected chi connectivity index (χ1v) is 6.14. The summed E-state index contributed by atoms with van der Waals surface area (Å²) < 4.78 is 18.7. The van der Waals surface area contributed by atoms with Crippen LogP contribution in [0.1, 0.15) is 16.8 Å². The van der Waals surface area contributed by atoms with Crippen LogP contribution >= 0.6 is 0 Å². The summed E-state index contributed by atoms with van der Waals surface area (Å²) in [5, 5.41) is 11.8. The fraction of sp³-hybridized carbons (Fsp3) is 0.200. The number of hydrogen-bond donors (Lipinski definition) is 1. The van der Waals surface area contributed by atoms with Gasteiger partial charge in [0.05, 0.1) is 17.5 Å². The van der Waals surface area contributed by atoms with E-state index >= 15 is 0 Å². The minimum Gasteiger partial charge on any atom is -0.487 e. The van der Waals surface area contributed by atoms with Gasteiger partial charge in [-0.1, -0.05) is 6.07 Å². The van der Waals surface area contributed by atoms with Gasteiger partial charge < -0.3 is 10.1 Å². The fourth-order valence-corrected chi connectivity index (χ4v) is 1.70. The number of nitrogens with one attached hydrogen (secondary N) is 1. The Kier molecular flexibility index (Phi) is 4.64. The lowest BCUT2D eigenvalue weighted by atomic mass is 10.1. The van der Waals surface area contributed by atoms with Crippen molar-refractivity contribution in [2.75, 3.05) is 7.05 Å². The summed E-state index contributed by atoms with van der Waals surface area (Å²) in [7, 11) is 1.85. The van der Waals surface area contributed by atoms with E-state index in [4.69, 9.17) is 10.00 Å². The van der Waals surface area contributed by atoms with Gasteiger partial charge in [-0.3, -0.25) is 4.98 Å². The van der Waals surface area contributed by atoms with Crippen molar-refractivity contribution >= 4 is 0 Å². The number of nitriles is 1. The van der Waals surface area contributed by atoms with Crippen LogP contribution in [0.2, 0.25) is 0 Å². The van der Waals surface area contributed by atoms with Crippen LogP contribution in [0.4, 0.5) is 4.39 Å². The molecule has 4 nitrogen and oxygen atoms in total. The number of rotatable bonds is 5. The summed E-state index contributed by atoms with van der Waals surface area (Å²) in [6.45, 7) is 0.964. The molecule has 0 saturated heterocycles. The summed E-state index contributed by atoms with van der Waals surface area (Å²) >= 11 is 0. The lowest BCUT2D eigenvalue weighted by molar-refractivity contribution is 0.304. The first kappa shape index (κ1) is 14.0. The van der Waals surface area contributed by atoms with Gasteiger partial charge in [0.1, 0.15) is 24.2 Å². The minimum atomic E-state index is -0.519. The fourth-order valence-electron chi connectivity index (χ4n) is 1.70. The van der Waals surface area contributed by atoms with E-state index in [2.05, 4.69) is 10.3 Å². The predicted molar refractivity (Wildman–Crippen MR) is 72.4 cm³/mol. The first-order chi connectivity index (χ1) is 9.72. The molecule has 1 aromatic heterocycles. The Labute approximate surface area is 116 Å². The Morgan fingerprint density at radius 2 is 2.20 bits per heavy atom. The van der Waals surface area contributed by atoms with Gasteiger partial charge in [-0.05, 0) is 36.9 Å². The van der Waals surface area contributed by atoms with E-state index in [0.29, 0.717) is 12.3 Å². The smallest absolute Gasteiger partial charge is 0.140 e. The lowest BCUT2D eigenvalue weighted by Gasteiger charge is -2.07. The van der Waals surface area contributed by atoms with Crippen molar-refractivity contribution in [3.63, 3.8) is 0 Å². The van der Waals surface area contributed by atoms with Crippen molar-refractivity contribution in [1.82, 2.24) is 10.3 Å². The van der Waals surface area contributed by atoms with Gasteiger partial charge in [0.2, 0.25) is 0 Å². The molecule has 0 unspecified atom stereocenters. The van der Waals surface area contributed by atoms with Crippen molar-refractivity contribution in [2.45, 2.75) is 13.2 Å². The van der Waals surface area contributed by atoms with Crippen LogP contribution in [0.3, 0.4) is 0 Å². The molecule has 5 heteroatoms. The van der Waals surface area contributed by atoms with Gasteiger partial charge in [-0.25, -0.2) is 4.39 Å². The zero-order chi connectivity index (χ0) is 14.4. The van der Waals surface area contributed by atoms with Crippen LogP contribution in [-0.4, -0.2) is 12.0 Å². The molecule has 0 aliphatic heterocycles. The minimum absolute atomic E-state index is 0.0218. The maximum absolute atomic E-state index is 13.2. The van der Waals surface area contributed by atoms with Crippen molar-refractivity contribution in [3.8, 4) is 11.8 Å². The Bertz CT molecular complexity index is 620. The second kappa shape index (κ2) is 6.64. The van der Waals surface area contributed by atoms with Crippen LogP contribution in [0.25, 0.3) is 0 Å². The Morgan fingerprint density at radius 3 is 2.85 bits per heavy atom. The van der Waals surface area contributed by atoms with Crippen LogP contribution in [0.5, 0.6) is 5.75 Å². The molecular weight excluding hydrogens is 257 g/mol. The number of ether oxygens (including phenoxy) is 1. The molecule has 0 bridgehead atoms. The highest BCUT2D eigenvalue weighted by Crippen LogP contribution is 2.14. The molecule has 0 radical (unpaired) electrons. The number of pyridine rings is 1. The van der Waals surface area contributed by atoms with E-state index in [0.717, 1.165) is 11.3 Å². The molecule has 0 atom stereocenters. The second-order valence-electron chi connectivity index (χ2n) is 4.23. The normalized spacial score (nSPS) is 10.1. The van der Waals surface area contributed by atoms with Crippen molar-refractivity contribution in [2.24, 2.45) is 0 Å². The molecule has 0 saturated carbocycles. The molecule has 20 heavy (non-hydrogen) atoms. The highest BCUT2D eigenvalue weighted by atomic mass is 19.1. The van der Waals surface area contributed by atoms with Crippen LogP contribution in [-0.2, 0) is 13.2 Å². The third-order valence-electron chi connectivity index (χ3n) is 2.71. The van der Waals surface area contributed by atoms with Crippen LogP contribution < -0.4 is 10.1 Å². The maximum Gasteiger partial charge on any atom is 0.140 e. The molecular formula is C15H14FN3O. The summed E-state index contributed by atoms with van der Waals surface area (Å²) in [6.07, 6.45) is 1.64.